The number of hydrogen-bond donors (Lipinski definition) is 0. The fourth-order valence-corrected chi connectivity index (χ4v) is 2.85. The summed E-state index contributed by atoms with van der Waals surface area (Å²) in [6, 6.07) is 3.22. The molecule has 1 aliphatic heterocycles. The maximum atomic E-state index is 13.4. The lowest BCUT2D eigenvalue weighted by Gasteiger charge is -2.39. The van der Waals surface area contributed by atoms with E-state index >= 15 is 0 Å². The van der Waals surface area contributed by atoms with Gasteiger partial charge in [-0.1, -0.05) is 0 Å². The summed E-state index contributed by atoms with van der Waals surface area (Å²) in [6.07, 6.45) is 3.58. The first-order valence-corrected chi connectivity index (χ1v) is 7.39. The smallest absolute Gasteiger partial charge is 0.254 e. The van der Waals surface area contributed by atoms with E-state index in [1.54, 1.807) is 11.1 Å². The highest BCUT2D eigenvalue weighted by Gasteiger charge is 2.31. The number of halogens is 2. The highest BCUT2D eigenvalue weighted by Crippen LogP contribution is 2.23. The van der Waals surface area contributed by atoms with Crippen LogP contribution in [0.2, 0.25) is 0 Å². The third-order valence-electron chi connectivity index (χ3n) is 4.26. The number of hydrogen-bond acceptors (Lipinski definition) is 3. The molecule has 1 aliphatic rings. The Labute approximate surface area is 133 Å². The van der Waals surface area contributed by atoms with E-state index in [-0.39, 0.29) is 17.5 Å². The first kappa shape index (κ1) is 15.6. The molecule has 0 radical (unpaired) electrons. The summed E-state index contributed by atoms with van der Waals surface area (Å²) in [5.74, 6) is -1.39. The second-order valence-electron chi connectivity index (χ2n) is 5.77. The van der Waals surface area contributed by atoms with Crippen molar-refractivity contribution in [1.82, 2.24) is 19.4 Å². The SMILES string of the molecule is CN1CCN(C(=O)c2ccc(F)c(F)c2)C[C@H]1c1nccn1C. The number of likely N-dealkylation sites (N-methyl/N-ethyl adjacent to an activating group) is 1. The highest BCUT2D eigenvalue weighted by molar-refractivity contribution is 5.94. The van der Waals surface area contributed by atoms with Crippen LogP contribution in [0.5, 0.6) is 0 Å². The molecule has 1 saturated heterocycles. The van der Waals surface area contributed by atoms with Gasteiger partial charge in [0.1, 0.15) is 5.82 Å². The van der Waals surface area contributed by atoms with Crippen molar-refractivity contribution in [3.63, 3.8) is 0 Å². The van der Waals surface area contributed by atoms with Gasteiger partial charge in [-0.25, -0.2) is 13.8 Å². The molecule has 1 fully saturated rings. The number of carbonyl (C=O) groups is 1. The molecule has 0 aliphatic carbocycles. The van der Waals surface area contributed by atoms with Gasteiger partial charge < -0.3 is 9.47 Å². The molecule has 0 unspecified atom stereocenters. The second-order valence-corrected chi connectivity index (χ2v) is 5.77. The van der Waals surface area contributed by atoms with Gasteiger partial charge in [-0.15, -0.1) is 0 Å². The van der Waals surface area contributed by atoms with Crippen LogP contribution in [0.4, 0.5) is 8.78 Å². The van der Waals surface area contributed by atoms with Crippen LogP contribution in [-0.4, -0.2) is 51.9 Å². The number of aromatic nitrogens is 2. The standard InChI is InChI=1S/C16H18F2N4O/c1-20-7-8-22(10-14(20)15-19-5-6-21(15)2)16(23)11-3-4-12(17)13(18)9-11/h3-6,9,14H,7-8,10H2,1-2H3/t14-/m0/s1. The first-order chi connectivity index (χ1) is 11.0. The van der Waals surface area contributed by atoms with Crippen LogP contribution < -0.4 is 0 Å². The summed E-state index contributed by atoms with van der Waals surface area (Å²) < 4.78 is 28.3. The van der Waals surface area contributed by atoms with Crippen molar-refractivity contribution in [3.05, 3.63) is 53.6 Å². The van der Waals surface area contributed by atoms with Crippen LogP contribution in [-0.2, 0) is 7.05 Å². The number of aryl methyl sites for hydroxylation is 1. The van der Waals surface area contributed by atoms with Crippen LogP contribution in [0.25, 0.3) is 0 Å². The van der Waals surface area contributed by atoms with Gasteiger partial charge in [0.25, 0.3) is 5.91 Å². The topological polar surface area (TPSA) is 41.4 Å². The van der Waals surface area contributed by atoms with Crippen LogP contribution in [0.3, 0.4) is 0 Å². The van der Waals surface area contributed by atoms with Crippen molar-refractivity contribution in [2.24, 2.45) is 7.05 Å². The van der Waals surface area contributed by atoms with Crippen molar-refractivity contribution in [1.29, 1.82) is 0 Å². The van der Waals surface area contributed by atoms with Gasteiger partial charge in [0.2, 0.25) is 0 Å². The largest absolute Gasteiger partial charge is 0.337 e. The molecule has 1 atom stereocenters. The first-order valence-electron chi connectivity index (χ1n) is 7.39. The Balaban J connectivity index is 1.82. The number of nitrogens with zero attached hydrogens (tertiary/aromatic N) is 4. The number of piperazine rings is 1. The predicted octanol–water partition coefficient (Wildman–Crippen LogP) is 1.83. The van der Waals surface area contributed by atoms with Crippen molar-refractivity contribution < 1.29 is 13.6 Å². The zero-order chi connectivity index (χ0) is 16.6. The van der Waals surface area contributed by atoms with Crippen LogP contribution in [0, 0.1) is 11.6 Å². The molecule has 2 aromatic rings. The number of imidazole rings is 1. The average Bonchev–Trinajstić information content (AvgIpc) is 2.96. The molecule has 0 bridgehead atoms. The van der Waals surface area contributed by atoms with Gasteiger partial charge in [-0.3, -0.25) is 9.69 Å². The summed E-state index contributed by atoms with van der Waals surface area (Å²) in [7, 11) is 3.89. The number of carbonyl (C=O) groups excluding carboxylic acids is 1. The molecule has 3 rings (SSSR count). The van der Waals surface area contributed by atoms with Gasteiger partial charge in [-0.2, -0.15) is 0 Å². The third kappa shape index (κ3) is 2.96. The van der Waals surface area contributed by atoms with Crippen molar-refractivity contribution in [3.8, 4) is 0 Å². The van der Waals surface area contributed by atoms with E-state index in [0.717, 1.165) is 18.0 Å². The number of amides is 1. The van der Waals surface area contributed by atoms with Crippen LogP contribution >= 0.6 is 0 Å². The molecule has 0 N–H and O–H groups in total. The Morgan fingerprint density at radius 2 is 2.00 bits per heavy atom. The van der Waals surface area contributed by atoms with E-state index < -0.39 is 11.6 Å². The van der Waals surface area contributed by atoms with Gasteiger partial charge in [-0.05, 0) is 25.2 Å². The van der Waals surface area contributed by atoms with E-state index in [1.165, 1.54) is 6.07 Å². The van der Waals surface area contributed by atoms with Gasteiger partial charge in [0.15, 0.2) is 11.6 Å². The fourth-order valence-electron chi connectivity index (χ4n) is 2.85. The minimum absolute atomic E-state index is 0.0296. The molecular weight excluding hydrogens is 302 g/mol. The summed E-state index contributed by atoms with van der Waals surface area (Å²) >= 11 is 0. The van der Waals surface area contributed by atoms with E-state index in [9.17, 15) is 13.6 Å². The normalized spacial score (nSPS) is 19.1. The van der Waals surface area contributed by atoms with Crippen molar-refractivity contribution in [2.45, 2.75) is 6.04 Å². The summed E-state index contributed by atoms with van der Waals surface area (Å²) in [5.41, 5.74) is 0.159. The van der Waals surface area contributed by atoms with Crippen LogP contribution in [0.15, 0.2) is 30.6 Å². The van der Waals surface area contributed by atoms with E-state index in [4.69, 9.17) is 0 Å². The second kappa shape index (κ2) is 6.08. The quantitative estimate of drug-likeness (QED) is 0.848. The maximum Gasteiger partial charge on any atom is 0.254 e. The molecule has 7 heteroatoms. The van der Waals surface area contributed by atoms with E-state index in [0.29, 0.717) is 19.6 Å². The van der Waals surface area contributed by atoms with Crippen LogP contribution in [0.1, 0.15) is 22.2 Å². The Hall–Kier alpha value is -2.28. The summed E-state index contributed by atoms with van der Waals surface area (Å²) in [5, 5.41) is 0. The maximum absolute atomic E-state index is 13.4. The molecule has 0 spiro atoms. The Bertz CT molecular complexity index is 731. The van der Waals surface area contributed by atoms with Crippen molar-refractivity contribution >= 4 is 5.91 Å². The Morgan fingerprint density at radius 1 is 1.22 bits per heavy atom. The molecule has 122 valence electrons. The van der Waals surface area contributed by atoms with Gasteiger partial charge >= 0.3 is 0 Å². The number of benzene rings is 1. The molecule has 23 heavy (non-hydrogen) atoms. The Morgan fingerprint density at radius 3 is 2.65 bits per heavy atom. The highest BCUT2D eigenvalue weighted by atomic mass is 19.2. The zero-order valence-electron chi connectivity index (χ0n) is 13.0. The fraction of sp³-hybridized carbons (Fsp3) is 0.375. The molecule has 1 amide bonds. The third-order valence-corrected chi connectivity index (χ3v) is 4.26. The zero-order valence-corrected chi connectivity index (χ0v) is 13.0. The molecule has 0 saturated carbocycles. The lowest BCUT2D eigenvalue weighted by Crippen LogP contribution is -2.49. The molecular formula is C16H18F2N4O. The lowest BCUT2D eigenvalue weighted by molar-refractivity contribution is 0.0528. The predicted molar refractivity (Wildman–Crippen MR) is 80.8 cm³/mol. The minimum Gasteiger partial charge on any atom is -0.337 e. The van der Waals surface area contributed by atoms with Gasteiger partial charge in [0, 0.05) is 44.6 Å². The van der Waals surface area contributed by atoms with Crippen molar-refractivity contribution in [2.75, 3.05) is 26.7 Å². The molecule has 1 aromatic carbocycles. The monoisotopic (exact) mass is 320 g/mol. The van der Waals surface area contributed by atoms with Gasteiger partial charge in [0.05, 0.1) is 6.04 Å². The minimum atomic E-state index is -1.01. The molecule has 2 heterocycles. The Kier molecular flexibility index (Phi) is 4.12. The number of rotatable bonds is 2. The summed E-state index contributed by atoms with van der Waals surface area (Å²) in [6.45, 7) is 1.68. The van der Waals surface area contributed by atoms with E-state index in [2.05, 4.69) is 9.88 Å². The van der Waals surface area contributed by atoms with E-state index in [1.807, 2.05) is 24.9 Å². The summed E-state index contributed by atoms with van der Waals surface area (Å²) in [4.78, 5) is 20.7. The molecule has 5 nitrogen and oxygen atoms in total. The lowest BCUT2D eigenvalue weighted by atomic mass is 10.1. The average molecular weight is 320 g/mol. The molecule has 1 aromatic heterocycles.